The van der Waals surface area contributed by atoms with Gasteiger partial charge in [0.25, 0.3) is 5.91 Å². The number of rotatable bonds is 7. The van der Waals surface area contributed by atoms with E-state index in [1.54, 1.807) is 25.1 Å². The number of carboxylic acid groups (broad SMARTS) is 1. The van der Waals surface area contributed by atoms with Gasteiger partial charge in [0.1, 0.15) is 23.0 Å². The van der Waals surface area contributed by atoms with Gasteiger partial charge < -0.3 is 15.2 Å². The summed E-state index contributed by atoms with van der Waals surface area (Å²) in [6.45, 7) is 1.36. The first kappa shape index (κ1) is 18.0. The highest BCUT2D eigenvalue weighted by Gasteiger charge is 2.17. The Morgan fingerprint density at radius 1 is 1.42 bits per heavy atom. The van der Waals surface area contributed by atoms with Crippen LogP contribution in [0.4, 0.5) is 0 Å². The lowest BCUT2D eigenvalue weighted by Crippen LogP contribution is -2.36. The van der Waals surface area contributed by atoms with Crippen molar-refractivity contribution >= 4 is 35.1 Å². The summed E-state index contributed by atoms with van der Waals surface area (Å²) in [5.41, 5.74) is 0.428. The van der Waals surface area contributed by atoms with E-state index in [4.69, 9.17) is 33.0 Å². The van der Waals surface area contributed by atoms with E-state index in [1.165, 1.54) is 6.20 Å². The molecule has 1 heterocycles. The van der Waals surface area contributed by atoms with Crippen LogP contribution in [0.2, 0.25) is 10.0 Å². The fourth-order valence-electron chi connectivity index (χ4n) is 1.78. The van der Waals surface area contributed by atoms with Gasteiger partial charge in [-0.05, 0) is 19.1 Å². The minimum absolute atomic E-state index is 0.0927. The van der Waals surface area contributed by atoms with Crippen LogP contribution in [0.1, 0.15) is 12.6 Å². The highest BCUT2D eigenvalue weighted by Crippen LogP contribution is 2.32. The SMILES string of the molecule is CC(Oc1cccc(Cl)c1Cl)C(=O)NCc1cn(CC(=O)O)nn1. The molecule has 0 bridgehead atoms. The highest BCUT2D eigenvalue weighted by atomic mass is 35.5. The molecule has 1 amide bonds. The normalized spacial score (nSPS) is 11.8. The molecular formula is C14H14Cl2N4O4. The summed E-state index contributed by atoms with van der Waals surface area (Å²) >= 11 is 11.9. The van der Waals surface area contributed by atoms with Crippen molar-refractivity contribution < 1.29 is 19.4 Å². The van der Waals surface area contributed by atoms with Gasteiger partial charge in [-0.15, -0.1) is 5.10 Å². The monoisotopic (exact) mass is 372 g/mol. The summed E-state index contributed by atoms with van der Waals surface area (Å²) in [5.74, 6) is -1.12. The number of halogens is 2. The molecule has 1 aromatic heterocycles. The molecule has 2 rings (SSSR count). The third-order valence-electron chi connectivity index (χ3n) is 2.92. The number of carbonyl (C=O) groups excluding carboxylic acids is 1. The van der Waals surface area contributed by atoms with E-state index in [2.05, 4.69) is 15.6 Å². The standard InChI is InChI=1S/C14H14Cl2N4O4/c1-8(24-11-4-2-3-10(15)13(11)16)14(23)17-5-9-6-20(19-18-9)7-12(21)22/h2-4,6,8H,5,7H2,1H3,(H,17,23)(H,21,22). The molecule has 1 unspecified atom stereocenters. The number of amides is 1. The second-order valence-electron chi connectivity index (χ2n) is 4.83. The van der Waals surface area contributed by atoms with Gasteiger partial charge in [0.05, 0.1) is 17.8 Å². The topological polar surface area (TPSA) is 106 Å². The average molecular weight is 373 g/mol. The predicted molar refractivity (Wildman–Crippen MR) is 86.1 cm³/mol. The third kappa shape index (κ3) is 4.84. The number of benzene rings is 1. The zero-order valence-electron chi connectivity index (χ0n) is 12.6. The molecule has 1 atom stereocenters. The fraction of sp³-hybridized carbons (Fsp3) is 0.286. The third-order valence-corrected chi connectivity index (χ3v) is 3.72. The maximum absolute atomic E-state index is 12.0. The Balaban J connectivity index is 1.88. The first-order valence-electron chi connectivity index (χ1n) is 6.86. The van der Waals surface area contributed by atoms with Gasteiger partial charge in [-0.2, -0.15) is 0 Å². The lowest BCUT2D eigenvalue weighted by Gasteiger charge is -2.15. The molecule has 24 heavy (non-hydrogen) atoms. The second kappa shape index (κ2) is 7.98. The Morgan fingerprint density at radius 3 is 2.88 bits per heavy atom. The molecule has 0 saturated carbocycles. The molecule has 0 fully saturated rings. The molecular weight excluding hydrogens is 359 g/mol. The van der Waals surface area contributed by atoms with E-state index in [1.807, 2.05) is 0 Å². The molecule has 0 radical (unpaired) electrons. The van der Waals surface area contributed by atoms with Crippen molar-refractivity contribution in [3.8, 4) is 5.75 Å². The van der Waals surface area contributed by atoms with E-state index < -0.39 is 12.1 Å². The second-order valence-corrected chi connectivity index (χ2v) is 5.62. The van der Waals surface area contributed by atoms with Crippen molar-refractivity contribution in [3.63, 3.8) is 0 Å². The number of carboxylic acids is 1. The molecule has 128 valence electrons. The van der Waals surface area contributed by atoms with Crippen LogP contribution in [0.5, 0.6) is 5.75 Å². The van der Waals surface area contributed by atoms with Crippen molar-refractivity contribution in [1.82, 2.24) is 20.3 Å². The van der Waals surface area contributed by atoms with Gasteiger partial charge in [0.2, 0.25) is 0 Å². The van der Waals surface area contributed by atoms with Crippen molar-refractivity contribution in [1.29, 1.82) is 0 Å². The first-order chi connectivity index (χ1) is 11.4. The zero-order chi connectivity index (χ0) is 17.7. The van der Waals surface area contributed by atoms with Crippen LogP contribution in [-0.4, -0.2) is 38.1 Å². The number of aliphatic carboxylic acids is 1. The summed E-state index contributed by atoms with van der Waals surface area (Å²) in [4.78, 5) is 22.6. The molecule has 2 N–H and O–H groups in total. The van der Waals surface area contributed by atoms with E-state index in [-0.39, 0.29) is 24.0 Å². The molecule has 0 spiro atoms. The van der Waals surface area contributed by atoms with E-state index in [0.29, 0.717) is 16.5 Å². The number of nitrogens with zero attached hydrogens (tertiary/aromatic N) is 3. The van der Waals surface area contributed by atoms with E-state index in [0.717, 1.165) is 4.68 Å². The zero-order valence-corrected chi connectivity index (χ0v) is 14.1. The molecule has 0 saturated heterocycles. The van der Waals surface area contributed by atoms with Crippen LogP contribution in [-0.2, 0) is 22.7 Å². The van der Waals surface area contributed by atoms with Gasteiger partial charge in [0, 0.05) is 0 Å². The minimum Gasteiger partial charge on any atom is -0.480 e. The lowest BCUT2D eigenvalue weighted by atomic mass is 10.3. The van der Waals surface area contributed by atoms with Gasteiger partial charge >= 0.3 is 5.97 Å². The largest absolute Gasteiger partial charge is 0.480 e. The van der Waals surface area contributed by atoms with Gasteiger partial charge in [-0.1, -0.05) is 34.5 Å². The van der Waals surface area contributed by atoms with Crippen LogP contribution in [0.3, 0.4) is 0 Å². The summed E-state index contributed by atoms with van der Waals surface area (Å²) in [7, 11) is 0. The predicted octanol–water partition coefficient (Wildman–Crippen LogP) is 1.75. The van der Waals surface area contributed by atoms with Gasteiger partial charge in [0.15, 0.2) is 6.10 Å². The number of carbonyl (C=O) groups is 2. The molecule has 8 nitrogen and oxygen atoms in total. The summed E-state index contributed by atoms with van der Waals surface area (Å²) in [6.07, 6.45) is 0.628. The Kier molecular flexibility index (Phi) is 5.99. The number of aromatic nitrogens is 3. The lowest BCUT2D eigenvalue weighted by molar-refractivity contribution is -0.138. The van der Waals surface area contributed by atoms with Crippen LogP contribution in [0.15, 0.2) is 24.4 Å². The maximum atomic E-state index is 12.0. The minimum atomic E-state index is -1.03. The summed E-state index contributed by atoms with van der Waals surface area (Å²) in [6, 6.07) is 4.88. The Bertz CT molecular complexity index is 750. The number of ether oxygens (including phenoxy) is 1. The quantitative estimate of drug-likeness (QED) is 0.766. The van der Waals surface area contributed by atoms with E-state index >= 15 is 0 Å². The van der Waals surface area contributed by atoms with Gasteiger partial charge in [-0.3, -0.25) is 9.59 Å². The Hall–Kier alpha value is -2.32. The van der Waals surface area contributed by atoms with Crippen molar-refractivity contribution in [2.75, 3.05) is 0 Å². The molecule has 1 aromatic carbocycles. The molecule has 0 aliphatic carbocycles. The van der Waals surface area contributed by atoms with Crippen molar-refractivity contribution in [3.05, 3.63) is 40.1 Å². The highest BCUT2D eigenvalue weighted by molar-refractivity contribution is 6.42. The maximum Gasteiger partial charge on any atom is 0.325 e. The van der Waals surface area contributed by atoms with Gasteiger partial charge in [-0.25, -0.2) is 4.68 Å². The van der Waals surface area contributed by atoms with Crippen LogP contribution in [0, 0.1) is 0 Å². The number of nitrogens with one attached hydrogen (secondary N) is 1. The number of hydrogen-bond donors (Lipinski definition) is 2. The summed E-state index contributed by atoms with van der Waals surface area (Å²) < 4.78 is 6.65. The Labute approximate surface area is 147 Å². The van der Waals surface area contributed by atoms with Crippen molar-refractivity contribution in [2.45, 2.75) is 26.1 Å². The van der Waals surface area contributed by atoms with E-state index in [9.17, 15) is 9.59 Å². The average Bonchev–Trinajstić information content (AvgIpc) is 2.96. The first-order valence-corrected chi connectivity index (χ1v) is 7.61. The molecule has 10 heteroatoms. The molecule has 2 aromatic rings. The molecule has 0 aliphatic rings. The van der Waals surface area contributed by atoms with Crippen LogP contribution < -0.4 is 10.1 Å². The number of hydrogen-bond acceptors (Lipinski definition) is 5. The molecule has 0 aliphatic heterocycles. The van der Waals surface area contributed by atoms with Crippen LogP contribution in [0.25, 0.3) is 0 Å². The Morgan fingerprint density at radius 2 is 2.17 bits per heavy atom. The smallest absolute Gasteiger partial charge is 0.325 e. The fourth-order valence-corrected chi connectivity index (χ4v) is 2.11. The van der Waals surface area contributed by atoms with Crippen LogP contribution >= 0.6 is 23.2 Å². The summed E-state index contributed by atoms with van der Waals surface area (Å²) in [5, 5.41) is 19.2. The van der Waals surface area contributed by atoms with Crippen molar-refractivity contribution in [2.24, 2.45) is 0 Å².